The van der Waals surface area contributed by atoms with Crippen molar-refractivity contribution in [3.05, 3.63) is 34.3 Å². The highest BCUT2D eigenvalue weighted by molar-refractivity contribution is 5.74. The summed E-state index contributed by atoms with van der Waals surface area (Å²) in [6.07, 6.45) is 6.40. The second-order valence-electron chi connectivity index (χ2n) is 7.57. The zero-order valence-electron chi connectivity index (χ0n) is 14.7. The summed E-state index contributed by atoms with van der Waals surface area (Å²) >= 11 is 0. The molecular weight excluding hydrogens is 304 g/mol. The fourth-order valence-corrected chi connectivity index (χ4v) is 3.57. The van der Waals surface area contributed by atoms with Gasteiger partial charge in [-0.25, -0.2) is 4.79 Å². The molecule has 0 amide bonds. The van der Waals surface area contributed by atoms with Crippen molar-refractivity contribution in [1.82, 2.24) is 9.88 Å². The van der Waals surface area contributed by atoms with Crippen LogP contribution in [-0.2, 0) is 6.54 Å². The third-order valence-corrected chi connectivity index (χ3v) is 4.84. The standard InChI is InChI=1S/C19H28N2O3/c1-19(2,23)13-20-10-11-21-16-12-15(14-6-4-3-5-7-14)8-9-17(16)24-18(21)22/h8-9,12,14,20,23H,3-7,10-11,13H2,1-2H3. The lowest BCUT2D eigenvalue weighted by Crippen LogP contribution is -2.36. The van der Waals surface area contributed by atoms with Crippen LogP contribution < -0.4 is 11.1 Å². The van der Waals surface area contributed by atoms with Gasteiger partial charge < -0.3 is 14.8 Å². The van der Waals surface area contributed by atoms with Gasteiger partial charge in [0.05, 0.1) is 11.1 Å². The Morgan fingerprint density at radius 2 is 2.04 bits per heavy atom. The molecule has 1 aliphatic rings. The molecule has 5 nitrogen and oxygen atoms in total. The van der Waals surface area contributed by atoms with Crippen molar-refractivity contribution in [2.75, 3.05) is 13.1 Å². The van der Waals surface area contributed by atoms with Crippen LogP contribution in [0.5, 0.6) is 0 Å². The molecule has 132 valence electrons. The van der Waals surface area contributed by atoms with E-state index in [2.05, 4.69) is 17.4 Å². The van der Waals surface area contributed by atoms with Gasteiger partial charge in [0.15, 0.2) is 5.58 Å². The van der Waals surface area contributed by atoms with Gasteiger partial charge in [-0.05, 0) is 50.3 Å². The highest BCUT2D eigenvalue weighted by Gasteiger charge is 2.18. The van der Waals surface area contributed by atoms with Crippen LogP contribution in [0.2, 0.25) is 0 Å². The van der Waals surface area contributed by atoms with E-state index in [4.69, 9.17) is 4.42 Å². The Morgan fingerprint density at radius 1 is 1.29 bits per heavy atom. The normalized spacial score (nSPS) is 16.8. The van der Waals surface area contributed by atoms with Gasteiger partial charge in [-0.15, -0.1) is 0 Å². The predicted octanol–water partition coefficient (Wildman–Crippen LogP) is 3.00. The molecule has 2 N–H and O–H groups in total. The van der Waals surface area contributed by atoms with Crippen molar-refractivity contribution in [3.8, 4) is 0 Å². The molecule has 1 aliphatic carbocycles. The van der Waals surface area contributed by atoms with E-state index in [0.29, 0.717) is 31.1 Å². The Balaban J connectivity index is 1.76. The molecule has 0 spiro atoms. The summed E-state index contributed by atoms with van der Waals surface area (Å²) in [6.45, 7) is 5.17. The van der Waals surface area contributed by atoms with E-state index in [9.17, 15) is 9.90 Å². The average Bonchev–Trinajstić information content (AvgIpc) is 2.86. The summed E-state index contributed by atoms with van der Waals surface area (Å²) in [5.74, 6) is 0.297. The number of hydrogen-bond acceptors (Lipinski definition) is 4. The minimum atomic E-state index is -0.752. The van der Waals surface area contributed by atoms with E-state index in [1.807, 2.05) is 6.07 Å². The Bertz CT molecular complexity index is 733. The van der Waals surface area contributed by atoms with Crippen LogP contribution in [0.15, 0.2) is 27.4 Å². The zero-order valence-corrected chi connectivity index (χ0v) is 14.7. The summed E-state index contributed by atoms with van der Waals surface area (Å²) < 4.78 is 7.06. The molecule has 0 bridgehead atoms. The minimum absolute atomic E-state index is 0.309. The molecule has 5 heteroatoms. The third kappa shape index (κ3) is 4.08. The van der Waals surface area contributed by atoms with Gasteiger partial charge in [-0.1, -0.05) is 25.3 Å². The Hall–Kier alpha value is -1.59. The first-order valence-electron chi connectivity index (χ1n) is 9.00. The quantitative estimate of drug-likeness (QED) is 0.798. The SMILES string of the molecule is CC(C)(O)CNCCn1c(=O)oc2ccc(C3CCCCC3)cc21. The number of fused-ring (bicyclic) bond motifs is 1. The van der Waals surface area contributed by atoms with Crippen molar-refractivity contribution in [1.29, 1.82) is 0 Å². The summed E-state index contributed by atoms with van der Waals surface area (Å²) in [6, 6.07) is 6.17. The molecule has 0 radical (unpaired) electrons. The van der Waals surface area contributed by atoms with Gasteiger partial charge in [0.25, 0.3) is 0 Å². The van der Waals surface area contributed by atoms with E-state index in [1.165, 1.54) is 37.7 Å². The Kier molecular flexibility index (Phi) is 5.11. The maximum atomic E-state index is 12.1. The van der Waals surface area contributed by atoms with Gasteiger partial charge in [0.1, 0.15) is 0 Å². The molecule has 0 atom stereocenters. The van der Waals surface area contributed by atoms with Crippen LogP contribution in [0.1, 0.15) is 57.4 Å². The Morgan fingerprint density at radius 3 is 2.75 bits per heavy atom. The number of aliphatic hydroxyl groups is 1. The van der Waals surface area contributed by atoms with Crippen LogP contribution >= 0.6 is 0 Å². The molecule has 2 aromatic rings. The van der Waals surface area contributed by atoms with Crippen LogP contribution in [0.25, 0.3) is 11.1 Å². The largest absolute Gasteiger partial charge is 0.419 e. The van der Waals surface area contributed by atoms with Gasteiger partial charge in [0.2, 0.25) is 0 Å². The van der Waals surface area contributed by atoms with Gasteiger partial charge in [0, 0.05) is 19.6 Å². The smallest absolute Gasteiger partial charge is 0.408 e. The monoisotopic (exact) mass is 332 g/mol. The van der Waals surface area contributed by atoms with Crippen molar-refractivity contribution in [2.24, 2.45) is 0 Å². The van der Waals surface area contributed by atoms with Gasteiger partial charge in [-0.2, -0.15) is 0 Å². The molecule has 1 aromatic carbocycles. The maximum Gasteiger partial charge on any atom is 0.419 e. The van der Waals surface area contributed by atoms with E-state index in [1.54, 1.807) is 18.4 Å². The number of nitrogens with one attached hydrogen (secondary N) is 1. The number of rotatable bonds is 6. The van der Waals surface area contributed by atoms with Crippen LogP contribution in [0, 0.1) is 0 Å². The number of nitrogens with zero attached hydrogens (tertiary/aromatic N) is 1. The summed E-state index contributed by atoms with van der Waals surface area (Å²) in [5, 5.41) is 12.9. The lowest BCUT2D eigenvalue weighted by Gasteiger charge is -2.22. The second-order valence-corrected chi connectivity index (χ2v) is 7.57. The lowest BCUT2D eigenvalue weighted by molar-refractivity contribution is 0.0797. The van der Waals surface area contributed by atoms with Crippen molar-refractivity contribution < 1.29 is 9.52 Å². The van der Waals surface area contributed by atoms with Gasteiger partial charge in [-0.3, -0.25) is 4.57 Å². The predicted molar refractivity (Wildman–Crippen MR) is 95.5 cm³/mol. The Labute approximate surface area is 142 Å². The molecule has 1 fully saturated rings. The fraction of sp³-hybridized carbons (Fsp3) is 0.632. The molecule has 1 aromatic heterocycles. The summed E-state index contributed by atoms with van der Waals surface area (Å²) in [4.78, 5) is 12.1. The number of oxazole rings is 1. The average molecular weight is 332 g/mol. The third-order valence-electron chi connectivity index (χ3n) is 4.84. The first-order valence-corrected chi connectivity index (χ1v) is 9.00. The zero-order chi connectivity index (χ0) is 17.2. The van der Waals surface area contributed by atoms with Crippen LogP contribution in [0.4, 0.5) is 0 Å². The summed E-state index contributed by atoms with van der Waals surface area (Å²) in [7, 11) is 0. The molecule has 0 aliphatic heterocycles. The number of aromatic nitrogens is 1. The first kappa shape index (κ1) is 17.2. The molecule has 24 heavy (non-hydrogen) atoms. The van der Waals surface area contributed by atoms with Crippen molar-refractivity contribution >= 4 is 11.1 Å². The van der Waals surface area contributed by atoms with Crippen molar-refractivity contribution in [2.45, 2.75) is 64.0 Å². The lowest BCUT2D eigenvalue weighted by atomic mass is 9.84. The van der Waals surface area contributed by atoms with E-state index in [-0.39, 0.29) is 5.76 Å². The van der Waals surface area contributed by atoms with Crippen LogP contribution in [0.3, 0.4) is 0 Å². The molecule has 1 saturated carbocycles. The molecular formula is C19H28N2O3. The molecule has 0 unspecified atom stereocenters. The van der Waals surface area contributed by atoms with Crippen LogP contribution in [-0.4, -0.2) is 28.4 Å². The number of hydrogen-bond donors (Lipinski definition) is 2. The van der Waals surface area contributed by atoms with Crippen molar-refractivity contribution in [3.63, 3.8) is 0 Å². The fourth-order valence-electron chi connectivity index (χ4n) is 3.57. The summed E-state index contributed by atoms with van der Waals surface area (Å²) in [5.41, 5.74) is 2.11. The van der Waals surface area contributed by atoms with E-state index >= 15 is 0 Å². The topological polar surface area (TPSA) is 67.4 Å². The molecule has 0 saturated heterocycles. The first-order chi connectivity index (χ1) is 11.4. The maximum absolute atomic E-state index is 12.1. The second kappa shape index (κ2) is 7.11. The van der Waals surface area contributed by atoms with E-state index < -0.39 is 5.60 Å². The number of benzene rings is 1. The van der Waals surface area contributed by atoms with Gasteiger partial charge >= 0.3 is 5.76 Å². The minimum Gasteiger partial charge on any atom is -0.408 e. The van der Waals surface area contributed by atoms with E-state index in [0.717, 1.165) is 5.52 Å². The highest BCUT2D eigenvalue weighted by Crippen LogP contribution is 2.33. The highest BCUT2D eigenvalue weighted by atomic mass is 16.4. The molecule has 3 rings (SSSR count). The molecule has 1 heterocycles.